The van der Waals surface area contributed by atoms with Crippen LogP contribution >= 0.6 is 0 Å². The van der Waals surface area contributed by atoms with E-state index in [0.29, 0.717) is 0 Å². The summed E-state index contributed by atoms with van der Waals surface area (Å²) in [5, 5.41) is 0. The van der Waals surface area contributed by atoms with Crippen molar-refractivity contribution in [1.82, 2.24) is 4.81 Å². The lowest BCUT2D eigenvalue weighted by molar-refractivity contribution is 0.0153. The highest BCUT2D eigenvalue weighted by Gasteiger charge is 2.46. The molecule has 0 spiro atoms. The number of halogens is 1. The van der Waals surface area contributed by atoms with Crippen molar-refractivity contribution in [3.8, 4) is 0 Å². The molecule has 2 N–H and O–H groups in total. The number of piperidine rings is 2. The van der Waals surface area contributed by atoms with Gasteiger partial charge in [0.25, 0.3) is 7.41 Å². The summed E-state index contributed by atoms with van der Waals surface area (Å²) in [5.74, 6) is 0.219. The third-order valence-corrected chi connectivity index (χ3v) is 3.24. The molecule has 0 aromatic heterocycles. The van der Waals surface area contributed by atoms with Crippen LogP contribution in [0.15, 0.2) is 0 Å². The first-order chi connectivity index (χ1) is 6.24. The fraction of sp³-hybridized carbons (Fsp3) is 0.875. The third kappa shape index (κ3) is 1.40. The van der Waals surface area contributed by atoms with Crippen LogP contribution in [0, 0.1) is 5.92 Å². The Morgan fingerprint density at radius 2 is 2.31 bits per heavy atom. The summed E-state index contributed by atoms with van der Waals surface area (Å²) in [7, 11) is 1.44. The SMILES string of the molecule is N[C@H]1C2CCC([C@H]1F)N([B]C=O)C2. The van der Waals surface area contributed by atoms with Crippen molar-refractivity contribution in [3.63, 3.8) is 0 Å². The van der Waals surface area contributed by atoms with Crippen molar-refractivity contribution >= 4 is 13.6 Å². The van der Waals surface area contributed by atoms with E-state index >= 15 is 0 Å². The molecule has 0 amide bonds. The van der Waals surface area contributed by atoms with Gasteiger partial charge in [0.05, 0.1) is 6.19 Å². The summed E-state index contributed by atoms with van der Waals surface area (Å²) >= 11 is 0. The van der Waals surface area contributed by atoms with Crippen LogP contribution in [-0.4, -0.2) is 43.2 Å². The molecule has 2 aliphatic heterocycles. The van der Waals surface area contributed by atoms with Crippen molar-refractivity contribution < 1.29 is 9.18 Å². The number of nitrogens with zero attached hydrogens (tertiary/aromatic N) is 1. The average Bonchev–Trinajstić information content (AvgIpc) is 2.14. The van der Waals surface area contributed by atoms with E-state index in [4.69, 9.17) is 5.73 Å². The van der Waals surface area contributed by atoms with Gasteiger partial charge in [0, 0.05) is 12.1 Å². The molecule has 3 rings (SSSR count). The van der Waals surface area contributed by atoms with Crippen LogP contribution < -0.4 is 5.73 Å². The molecular formula is C8H13BFN2O. The summed E-state index contributed by atoms with van der Waals surface area (Å²) in [5.41, 5.74) is 5.72. The van der Waals surface area contributed by atoms with E-state index in [1.807, 2.05) is 0 Å². The van der Waals surface area contributed by atoms with Gasteiger partial charge in [0.2, 0.25) is 0 Å². The number of rotatable bonds is 2. The highest BCUT2D eigenvalue weighted by atomic mass is 19.1. The van der Waals surface area contributed by atoms with Gasteiger partial charge in [-0.2, -0.15) is 0 Å². The van der Waals surface area contributed by atoms with Crippen LogP contribution in [0.1, 0.15) is 12.8 Å². The Morgan fingerprint density at radius 1 is 1.54 bits per heavy atom. The van der Waals surface area contributed by atoms with Crippen LogP contribution in [0.25, 0.3) is 0 Å². The Morgan fingerprint density at radius 3 is 2.92 bits per heavy atom. The van der Waals surface area contributed by atoms with Gasteiger partial charge in [-0.05, 0) is 25.3 Å². The minimum atomic E-state index is -0.969. The molecule has 2 bridgehead atoms. The fourth-order valence-corrected chi connectivity index (χ4v) is 2.47. The molecule has 3 fully saturated rings. The van der Waals surface area contributed by atoms with Gasteiger partial charge in [-0.15, -0.1) is 0 Å². The van der Waals surface area contributed by atoms with Crippen molar-refractivity contribution in [3.05, 3.63) is 0 Å². The van der Waals surface area contributed by atoms with E-state index in [1.165, 1.54) is 7.41 Å². The molecule has 4 atom stereocenters. The summed E-state index contributed by atoms with van der Waals surface area (Å²) in [6.07, 6.45) is 1.57. The molecule has 0 aromatic carbocycles. The number of alkyl halides is 1. The first kappa shape index (κ1) is 9.15. The smallest absolute Gasteiger partial charge is 0.293 e. The molecule has 3 nitrogen and oxygen atoms in total. The summed E-state index contributed by atoms with van der Waals surface area (Å²) in [6.45, 7) is 0.741. The van der Waals surface area contributed by atoms with E-state index in [1.54, 1.807) is 4.81 Å². The largest absolute Gasteiger partial charge is 0.334 e. The minimum Gasteiger partial charge on any atom is -0.334 e. The van der Waals surface area contributed by atoms with Gasteiger partial charge in [-0.1, -0.05) is 0 Å². The average molecular weight is 183 g/mol. The maximum absolute atomic E-state index is 13.5. The zero-order valence-electron chi connectivity index (χ0n) is 7.40. The summed E-state index contributed by atoms with van der Waals surface area (Å²) < 4.78 is 13.5. The van der Waals surface area contributed by atoms with E-state index in [-0.39, 0.29) is 18.0 Å². The van der Waals surface area contributed by atoms with Crippen LogP contribution in [0.5, 0.6) is 0 Å². The van der Waals surface area contributed by atoms with Crippen LogP contribution in [0.3, 0.4) is 0 Å². The quantitative estimate of drug-likeness (QED) is 0.466. The lowest BCUT2D eigenvalue weighted by Crippen LogP contribution is -2.64. The molecule has 1 aliphatic carbocycles. The minimum absolute atomic E-state index is 0.162. The first-order valence-corrected chi connectivity index (χ1v) is 4.68. The van der Waals surface area contributed by atoms with E-state index in [2.05, 4.69) is 0 Å². The number of carbonyl (C=O) groups excluding carboxylic acids is 1. The zero-order chi connectivity index (χ0) is 9.42. The first-order valence-electron chi connectivity index (χ1n) is 4.68. The standard InChI is InChI=1S/C8H13BFN2O/c10-7-6-2-1-5(8(7)11)3-12(6)9-4-13/h4-8H,1-3,11H2/t5?,6?,7-,8+/m1/s1. The molecule has 2 unspecified atom stereocenters. The van der Waals surface area contributed by atoms with Crippen LogP contribution in [0.2, 0.25) is 0 Å². The molecule has 13 heavy (non-hydrogen) atoms. The molecule has 1 saturated carbocycles. The number of nitrogens with two attached hydrogens (primary N) is 1. The van der Waals surface area contributed by atoms with Gasteiger partial charge in [0.1, 0.15) is 6.17 Å². The molecule has 2 heterocycles. The Balaban J connectivity index is 2.09. The van der Waals surface area contributed by atoms with E-state index in [0.717, 1.165) is 25.6 Å². The van der Waals surface area contributed by atoms with Crippen molar-refractivity contribution in [2.24, 2.45) is 11.7 Å². The molecule has 5 heteroatoms. The Hall–Kier alpha value is -0.415. The maximum atomic E-state index is 13.5. The third-order valence-electron chi connectivity index (χ3n) is 3.24. The number of hydrogen-bond donors (Lipinski definition) is 1. The van der Waals surface area contributed by atoms with Gasteiger partial charge in [-0.3, -0.25) is 0 Å². The number of hydrogen-bond acceptors (Lipinski definition) is 3. The Kier molecular flexibility index (Phi) is 2.38. The molecule has 1 radical (unpaired) electrons. The van der Waals surface area contributed by atoms with Crippen molar-refractivity contribution in [2.45, 2.75) is 31.1 Å². The summed E-state index contributed by atoms with van der Waals surface area (Å²) in [6, 6.07) is -0.486. The van der Waals surface area contributed by atoms with Gasteiger partial charge >= 0.3 is 0 Å². The van der Waals surface area contributed by atoms with Gasteiger partial charge < -0.3 is 15.3 Å². The molecule has 71 valence electrons. The molecular weight excluding hydrogens is 170 g/mol. The van der Waals surface area contributed by atoms with E-state index in [9.17, 15) is 9.18 Å². The molecule has 0 aromatic rings. The highest BCUT2D eigenvalue weighted by Crippen LogP contribution is 2.35. The molecule has 2 saturated heterocycles. The van der Waals surface area contributed by atoms with Crippen molar-refractivity contribution in [2.75, 3.05) is 6.54 Å². The van der Waals surface area contributed by atoms with Crippen LogP contribution in [0.4, 0.5) is 4.39 Å². The second-order valence-corrected chi connectivity index (χ2v) is 3.91. The fourth-order valence-electron chi connectivity index (χ4n) is 2.47. The van der Waals surface area contributed by atoms with E-state index < -0.39 is 6.17 Å². The van der Waals surface area contributed by atoms with Crippen molar-refractivity contribution in [1.29, 1.82) is 0 Å². The second kappa shape index (κ2) is 3.38. The zero-order valence-corrected chi connectivity index (χ0v) is 7.40. The Labute approximate surface area is 77.7 Å². The number of carbonyl (C=O) groups is 1. The van der Waals surface area contributed by atoms with Gasteiger partial charge in [0.15, 0.2) is 0 Å². The number of fused-ring (bicyclic) bond motifs is 3. The monoisotopic (exact) mass is 183 g/mol. The maximum Gasteiger partial charge on any atom is 0.293 e. The predicted molar refractivity (Wildman–Crippen MR) is 48.6 cm³/mol. The normalized spacial score (nSPS) is 44.8. The second-order valence-electron chi connectivity index (χ2n) is 3.91. The van der Waals surface area contributed by atoms with Gasteiger partial charge in [-0.25, -0.2) is 4.39 Å². The lowest BCUT2D eigenvalue weighted by atomic mass is 9.71. The highest BCUT2D eigenvalue weighted by molar-refractivity contribution is 6.64. The predicted octanol–water partition coefficient (Wildman–Crippen LogP) is -0.445. The summed E-state index contributed by atoms with van der Waals surface area (Å²) in [4.78, 5) is 12.1. The lowest BCUT2D eigenvalue weighted by Gasteiger charge is -2.50. The topological polar surface area (TPSA) is 46.3 Å². The molecule has 3 aliphatic rings. The Bertz CT molecular complexity index is 214. The van der Waals surface area contributed by atoms with Crippen LogP contribution in [-0.2, 0) is 4.79 Å².